The first-order valence-electron chi connectivity index (χ1n) is 4.42. The predicted molar refractivity (Wildman–Crippen MR) is 43.1 cm³/mol. The van der Waals surface area contributed by atoms with Crippen molar-refractivity contribution in [2.75, 3.05) is 6.61 Å². The summed E-state index contributed by atoms with van der Waals surface area (Å²) >= 11 is 0. The Kier molecular flexibility index (Phi) is 4.41. The molecule has 0 radical (unpaired) electrons. The number of aliphatic hydroxyl groups excluding tert-OH is 3. The second kappa shape index (κ2) is 5.05. The molecule has 0 amide bonds. The number of ether oxygens (including phenoxy) is 1. The Bertz CT molecular complexity index is 280. The van der Waals surface area contributed by atoms with E-state index in [9.17, 15) is 24.6 Å². The second-order valence-corrected chi connectivity index (χ2v) is 4.53. The summed E-state index contributed by atoms with van der Waals surface area (Å²) in [6.07, 6.45) is -5.73. The van der Waals surface area contributed by atoms with E-state index in [0.717, 1.165) is 0 Å². The fourth-order valence-electron chi connectivity index (χ4n) is 1.37. The third kappa shape index (κ3) is 3.20. The van der Waals surface area contributed by atoms with Crippen LogP contribution in [0, 0.1) is 0 Å². The summed E-state index contributed by atoms with van der Waals surface area (Å²) in [7, 11) is -5.29. The quantitative estimate of drug-likeness (QED) is 0.364. The summed E-state index contributed by atoms with van der Waals surface area (Å²) in [5.41, 5.74) is 3.32. The van der Waals surface area contributed by atoms with Crippen molar-refractivity contribution in [1.82, 2.24) is 0 Å². The van der Waals surface area contributed by atoms with E-state index in [2.05, 4.69) is 10.3 Å². The highest BCUT2D eigenvalue weighted by Gasteiger charge is 2.45. The first kappa shape index (κ1) is 14.0. The van der Waals surface area contributed by atoms with Crippen LogP contribution in [-0.2, 0) is 13.8 Å². The van der Waals surface area contributed by atoms with Crippen molar-refractivity contribution in [3.05, 3.63) is 0 Å². The van der Waals surface area contributed by atoms with Crippen molar-refractivity contribution in [2.24, 2.45) is 0 Å². The lowest BCUT2D eigenvalue weighted by molar-refractivity contribution is -0.500. The van der Waals surface area contributed by atoms with Crippen molar-refractivity contribution in [3.8, 4) is 0 Å². The van der Waals surface area contributed by atoms with Crippen LogP contribution in [-0.4, -0.2) is 52.6 Å². The first-order valence-corrected chi connectivity index (χ1v) is 5.88. The van der Waals surface area contributed by atoms with Gasteiger partial charge in [-0.3, -0.25) is 0 Å². The maximum atomic E-state index is 10.4. The molecular formula is C6H13NO8P-. The maximum Gasteiger partial charge on any atom is 0.217 e. The number of phosphoric acid groups is 1. The monoisotopic (exact) mass is 258 g/mol. The van der Waals surface area contributed by atoms with Crippen LogP contribution < -0.4 is 15.5 Å². The lowest BCUT2D eigenvalue weighted by atomic mass is 9.98. The fourth-order valence-corrected chi connectivity index (χ4v) is 1.83. The van der Waals surface area contributed by atoms with Crippen LogP contribution in [0.15, 0.2) is 0 Å². The van der Waals surface area contributed by atoms with E-state index in [-0.39, 0.29) is 0 Å². The normalized spacial score (nSPS) is 41.0. The molecule has 1 aliphatic rings. The molecule has 10 heteroatoms. The number of quaternary nitrogens is 1. The Morgan fingerprint density at radius 1 is 1.38 bits per heavy atom. The molecule has 0 saturated carbocycles. The number of aliphatic hydroxyl groups is 3. The van der Waals surface area contributed by atoms with Gasteiger partial charge in [0.2, 0.25) is 6.29 Å². The molecule has 0 aromatic carbocycles. The van der Waals surface area contributed by atoms with E-state index in [1.807, 2.05) is 0 Å². The molecule has 1 rings (SSSR count). The molecule has 0 spiro atoms. The van der Waals surface area contributed by atoms with Gasteiger partial charge in [-0.2, -0.15) is 0 Å². The maximum absolute atomic E-state index is 10.4. The van der Waals surface area contributed by atoms with Crippen LogP contribution >= 0.6 is 7.82 Å². The van der Waals surface area contributed by atoms with Crippen LogP contribution in [0.4, 0.5) is 0 Å². The standard InChI is InChI=1S/C6H14NO8P/c7-3-5(10)4(9)2(1-8)14-6(3)15-16(11,12)13/h2-6,8-10H,1,7H2,(H2,11,12,13)/p-1/t2-,3-,4-,5-,6-/m1/s1. The molecule has 0 aromatic heterocycles. The van der Waals surface area contributed by atoms with E-state index in [1.54, 1.807) is 0 Å². The Morgan fingerprint density at radius 2 is 1.94 bits per heavy atom. The molecule has 96 valence electrons. The van der Waals surface area contributed by atoms with Crippen LogP contribution in [0.2, 0.25) is 0 Å². The largest absolute Gasteiger partial charge is 0.790 e. The summed E-state index contributed by atoms with van der Waals surface area (Å²) in [6, 6.07) is -1.16. The minimum absolute atomic E-state index is 0.660. The van der Waals surface area contributed by atoms with Crippen LogP contribution in [0.3, 0.4) is 0 Å². The molecule has 0 bridgehead atoms. The Balaban J connectivity index is 2.75. The van der Waals surface area contributed by atoms with Gasteiger partial charge < -0.3 is 44.7 Å². The van der Waals surface area contributed by atoms with Crippen molar-refractivity contribution < 1.29 is 44.7 Å². The van der Waals surface area contributed by atoms with Gasteiger partial charge in [-0.1, -0.05) is 0 Å². The summed E-state index contributed by atoms with van der Waals surface area (Å²) in [6.45, 7) is -0.660. The molecule has 1 heterocycles. The van der Waals surface area contributed by atoms with Gasteiger partial charge in [-0.25, -0.2) is 0 Å². The van der Waals surface area contributed by atoms with Crippen LogP contribution in [0.5, 0.6) is 0 Å². The molecule has 1 saturated heterocycles. The van der Waals surface area contributed by atoms with Crippen LogP contribution in [0.25, 0.3) is 0 Å². The fraction of sp³-hybridized carbons (Fsp3) is 1.00. The number of phosphoric ester groups is 1. The first-order chi connectivity index (χ1) is 7.26. The minimum atomic E-state index is -5.29. The summed E-state index contributed by atoms with van der Waals surface area (Å²) < 4.78 is 19.2. The zero-order valence-corrected chi connectivity index (χ0v) is 9.03. The molecule has 16 heavy (non-hydrogen) atoms. The third-order valence-corrected chi connectivity index (χ3v) is 2.71. The topological polar surface area (TPSA) is 170 Å². The highest BCUT2D eigenvalue weighted by atomic mass is 31.2. The molecule has 6 N–H and O–H groups in total. The van der Waals surface area contributed by atoms with E-state index in [1.165, 1.54) is 0 Å². The van der Waals surface area contributed by atoms with Gasteiger partial charge in [0.1, 0.15) is 18.3 Å². The van der Waals surface area contributed by atoms with Gasteiger partial charge in [0.15, 0.2) is 6.04 Å². The summed E-state index contributed by atoms with van der Waals surface area (Å²) in [4.78, 5) is 20.7. The summed E-state index contributed by atoms with van der Waals surface area (Å²) in [5, 5.41) is 27.6. The molecule has 0 aromatic rings. The van der Waals surface area contributed by atoms with E-state index in [0.29, 0.717) is 0 Å². The third-order valence-electron chi connectivity index (χ3n) is 2.24. The Morgan fingerprint density at radius 3 is 2.38 bits per heavy atom. The average molecular weight is 258 g/mol. The molecule has 0 unspecified atom stereocenters. The second-order valence-electron chi connectivity index (χ2n) is 3.42. The number of hydrogen-bond donors (Lipinski definition) is 4. The smallest absolute Gasteiger partial charge is 0.217 e. The van der Waals surface area contributed by atoms with Crippen molar-refractivity contribution in [2.45, 2.75) is 30.6 Å². The highest BCUT2D eigenvalue weighted by molar-refractivity contribution is 7.43. The van der Waals surface area contributed by atoms with Gasteiger partial charge in [0.05, 0.1) is 14.4 Å². The van der Waals surface area contributed by atoms with E-state index < -0.39 is 45.1 Å². The molecular weight excluding hydrogens is 245 g/mol. The zero-order chi connectivity index (χ0) is 12.5. The number of hydrogen-bond acceptors (Lipinski definition) is 8. The molecule has 5 atom stereocenters. The predicted octanol–water partition coefficient (Wildman–Crippen LogP) is -5.12. The van der Waals surface area contributed by atoms with Gasteiger partial charge in [0, 0.05) is 0 Å². The Hall–Kier alpha value is -0.0900. The van der Waals surface area contributed by atoms with Gasteiger partial charge in [0.25, 0.3) is 0 Å². The molecule has 1 fully saturated rings. The average Bonchev–Trinajstić information content (AvgIpc) is 2.17. The zero-order valence-electron chi connectivity index (χ0n) is 8.13. The summed E-state index contributed by atoms with van der Waals surface area (Å²) in [5.74, 6) is 0. The lowest BCUT2D eigenvalue weighted by Crippen LogP contribution is -2.78. The van der Waals surface area contributed by atoms with Gasteiger partial charge in [-0.05, 0) is 0 Å². The van der Waals surface area contributed by atoms with Gasteiger partial charge >= 0.3 is 0 Å². The van der Waals surface area contributed by atoms with Crippen molar-refractivity contribution in [3.63, 3.8) is 0 Å². The van der Waals surface area contributed by atoms with Crippen molar-refractivity contribution >= 4 is 7.82 Å². The Labute approximate surface area is 90.6 Å². The minimum Gasteiger partial charge on any atom is -0.790 e. The molecule has 1 aliphatic heterocycles. The molecule has 0 aliphatic carbocycles. The van der Waals surface area contributed by atoms with E-state index in [4.69, 9.17) is 9.84 Å². The van der Waals surface area contributed by atoms with E-state index >= 15 is 0 Å². The van der Waals surface area contributed by atoms with Crippen LogP contribution in [0.1, 0.15) is 0 Å². The van der Waals surface area contributed by atoms with Crippen molar-refractivity contribution in [1.29, 1.82) is 0 Å². The lowest BCUT2D eigenvalue weighted by Gasteiger charge is -2.42. The SMILES string of the molecule is [NH3+][C@H]1[C@@H](OP(=O)([O-])[O-])O[C@H](CO)[C@@H](O)[C@@H]1O. The number of rotatable bonds is 3. The molecule has 9 nitrogen and oxygen atoms in total. The highest BCUT2D eigenvalue weighted by Crippen LogP contribution is 2.32. The van der Waals surface area contributed by atoms with Gasteiger partial charge in [-0.15, -0.1) is 0 Å².